The van der Waals surface area contributed by atoms with Crippen LogP contribution in [0.1, 0.15) is 39.5 Å². The van der Waals surface area contributed by atoms with Crippen molar-refractivity contribution < 1.29 is 9.90 Å². The second-order valence-electron chi connectivity index (χ2n) is 6.47. The average molecular weight is 336 g/mol. The number of phenols is 1. The molecule has 1 aliphatic heterocycles. The molecular formula is C21H24N2O2. The predicted molar refractivity (Wildman–Crippen MR) is 99.4 cm³/mol. The first-order chi connectivity index (χ1) is 12.1. The number of fused-ring (bicyclic) bond motifs is 1. The molecule has 2 aromatic carbocycles. The summed E-state index contributed by atoms with van der Waals surface area (Å²) in [5.41, 5.74) is 5.21. The highest BCUT2D eigenvalue weighted by atomic mass is 16.3. The third-order valence-corrected chi connectivity index (χ3v) is 4.48. The number of benzene rings is 2. The summed E-state index contributed by atoms with van der Waals surface area (Å²) in [5, 5.41) is 12.8. The van der Waals surface area contributed by atoms with Crippen LogP contribution in [-0.4, -0.2) is 22.5 Å². The van der Waals surface area contributed by atoms with Crippen molar-refractivity contribution in [2.45, 2.75) is 33.5 Å². The van der Waals surface area contributed by atoms with Crippen LogP contribution >= 0.6 is 0 Å². The van der Waals surface area contributed by atoms with Crippen molar-refractivity contribution in [2.24, 2.45) is 0 Å². The molecule has 0 saturated carbocycles. The maximum absolute atomic E-state index is 12.8. The highest BCUT2D eigenvalue weighted by Gasteiger charge is 2.29. The fourth-order valence-corrected chi connectivity index (χ4v) is 3.28. The van der Waals surface area contributed by atoms with Gasteiger partial charge < -0.3 is 15.3 Å². The number of amides is 1. The Labute approximate surface area is 148 Å². The van der Waals surface area contributed by atoms with Crippen molar-refractivity contribution in [3.8, 4) is 5.75 Å². The molecule has 2 aromatic rings. The van der Waals surface area contributed by atoms with Gasteiger partial charge in [-0.2, -0.15) is 0 Å². The Morgan fingerprint density at radius 2 is 1.96 bits per heavy atom. The zero-order valence-corrected chi connectivity index (χ0v) is 14.7. The molecule has 0 aliphatic carbocycles. The molecule has 1 aliphatic rings. The van der Waals surface area contributed by atoms with Crippen LogP contribution < -0.4 is 5.32 Å². The number of aromatic hydroxyl groups is 1. The molecule has 0 aromatic heterocycles. The highest BCUT2D eigenvalue weighted by molar-refractivity contribution is 5.99. The summed E-state index contributed by atoms with van der Waals surface area (Å²) in [4.78, 5) is 14.6. The molecule has 1 amide bonds. The Bertz CT molecular complexity index is 794. The van der Waals surface area contributed by atoms with Gasteiger partial charge in [0.15, 0.2) is 0 Å². The lowest BCUT2D eigenvalue weighted by atomic mass is 10.0. The van der Waals surface area contributed by atoms with Crippen LogP contribution in [0.5, 0.6) is 5.75 Å². The van der Waals surface area contributed by atoms with Crippen molar-refractivity contribution in [1.29, 1.82) is 0 Å². The van der Waals surface area contributed by atoms with Gasteiger partial charge in [0.2, 0.25) is 0 Å². The monoisotopic (exact) mass is 336 g/mol. The summed E-state index contributed by atoms with van der Waals surface area (Å²) in [5.74, 6) is 0.333. The van der Waals surface area contributed by atoms with E-state index in [-0.39, 0.29) is 11.7 Å². The van der Waals surface area contributed by atoms with Gasteiger partial charge in [-0.05, 0) is 48.2 Å². The number of allylic oxidation sites excluding steroid dienone is 1. The molecule has 2 N–H and O–H groups in total. The largest absolute Gasteiger partial charge is 0.508 e. The number of carbonyl (C=O) groups excluding carboxylic acids is 1. The average Bonchev–Trinajstić information content (AvgIpc) is 2.90. The minimum atomic E-state index is 0.0917. The molecule has 3 rings (SSSR count). The van der Waals surface area contributed by atoms with Gasteiger partial charge in [-0.3, -0.25) is 4.79 Å². The normalized spacial score (nSPS) is 13.7. The molecule has 4 nitrogen and oxygen atoms in total. The van der Waals surface area contributed by atoms with E-state index in [1.165, 1.54) is 5.56 Å². The smallest absolute Gasteiger partial charge is 0.255 e. The van der Waals surface area contributed by atoms with Gasteiger partial charge in [0, 0.05) is 31.7 Å². The first-order valence-corrected chi connectivity index (χ1v) is 8.60. The third kappa shape index (κ3) is 3.91. The zero-order valence-electron chi connectivity index (χ0n) is 14.7. The van der Waals surface area contributed by atoms with Crippen molar-refractivity contribution in [2.75, 3.05) is 6.54 Å². The number of aryl methyl sites for hydroxylation is 1. The molecule has 0 radical (unpaired) electrons. The van der Waals surface area contributed by atoms with Crippen LogP contribution in [0.25, 0.3) is 0 Å². The number of nitrogens with one attached hydrogen (secondary N) is 1. The van der Waals surface area contributed by atoms with Crippen molar-refractivity contribution in [3.63, 3.8) is 0 Å². The molecule has 25 heavy (non-hydrogen) atoms. The topological polar surface area (TPSA) is 52.6 Å². The minimum Gasteiger partial charge on any atom is -0.508 e. The molecule has 1 heterocycles. The summed E-state index contributed by atoms with van der Waals surface area (Å²) in [6.45, 7) is 6.86. The molecule has 4 heteroatoms. The lowest BCUT2D eigenvalue weighted by Crippen LogP contribution is -2.23. The van der Waals surface area contributed by atoms with Crippen molar-refractivity contribution >= 4 is 5.91 Å². The second kappa shape index (κ2) is 7.53. The van der Waals surface area contributed by atoms with Crippen molar-refractivity contribution in [1.82, 2.24) is 10.2 Å². The SMILES string of the molecule is C/C=C\CNCc1cc(C)c2c(c1)CN(Cc1ccc(O)cc1)C2=O. The Morgan fingerprint density at radius 3 is 2.68 bits per heavy atom. The lowest BCUT2D eigenvalue weighted by Gasteiger charge is -2.15. The van der Waals surface area contributed by atoms with E-state index in [2.05, 4.69) is 23.5 Å². The molecule has 0 unspecified atom stereocenters. The number of rotatable bonds is 6. The van der Waals surface area contributed by atoms with Crippen LogP contribution in [0.2, 0.25) is 0 Å². The van der Waals surface area contributed by atoms with Gasteiger partial charge in [0.25, 0.3) is 5.91 Å². The van der Waals surface area contributed by atoms with Gasteiger partial charge >= 0.3 is 0 Å². The highest BCUT2D eigenvalue weighted by Crippen LogP contribution is 2.28. The Balaban J connectivity index is 1.73. The maximum atomic E-state index is 12.8. The summed E-state index contributed by atoms with van der Waals surface area (Å²) in [7, 11) is 0. The maximum Gasteiger partial charge on any atom is 0.255 e. The van der Waals surface area contributed by atoms with Gasteiger partial charge in [0.05, 0.1) is 0 Å². The van der Waals surface area contributed by atoms with E-state index >= 15 is 0 Å². The van der Waals surface area contributed by atoms with E-state index in [0.717, 1.165) is 35.3 Å². The quantitative estimate of drug-likeness (QED) is 0.627. The standard InChI is InChI=1S/C21H24N2O2/c1-3-4-9-22-12-17-10-15(2)20-18(11-17)14-23(21(20)25)13-16-5-7-19(24)8-6-16/h3-8,10-11,22,24H,9,12-14H2,1-2H3/b4-3-. The van der Waals surface area contributed by atoms with E-state index in [4.69, 9.17) is 0 Å². The van der Waals surface area contributed by atoms with Gasteiger partial charge in [-0.15, -0.1) is 0 Å². The molecule has 130 valence electrons. The molecule has 0 bridgehead atoms. The number of carbonyl (C=O) groups is 1. The number of nitrogens with zero attached hydrogens (tertiary/aromatic N) is 1. The Hall–Kier alpha value is -2.59. The van der Waals surface area contributed by atoms with Crippen LogP contribution in [-0.2, 0) is 19.6 Å². The van der Waals surface area contributed by atoms with Gasteiger partial charge in [-0.25, -0.2) is 0 Å². The van der Waals surface area contributed by atoms with E-state index in [9.17, 15) is 9.90 Å². The molecule has 0 spiro atoms. The number of hydrogen-bond donors (Lipinski definition) is 2. The first-order valence-electron chi connectivity index (χ1n) is 8.60. The van der Waals surface area contributed by atoms with Crippen molar-refractivity contribution in [3.05, 3.63) is 76.4 Å². The Kier molecular flexibility index (Phi) is 5.19. The van der Waals surface area contributed by atoms with Crippen LogP contribution in [0.3, 0.4) is 0 Å². The molecule has 0 saturated heterocycles. The van der Waals surface area contributed by atoms with Gasteiger partial charge in [-0.1, -0.05) is 36.4 Å². The number of phenolic OH excluding ortho intramolecular Hbond substituents is 1. The second-order valence-corrected chi connectivity index (χ2v) is 6.47. The summed E-state index contributed by atoms with van der Waals surface area (Å²) in [6.07, 6.45) is 4.12. The minimum absolute atomic E-state index is 0.0917. The first kappa shape index (κ1) is 17.2. The van der Waals surface area contributed by atoms with E-state index < -0.39 is 0 Å². The van der Waals surface area contributed by atoms with E-state index in [1.807, 2.05) is 37.0 Å². The molecule has 0 atom stereocenters. The summed E-state index contributed by atoms with van der Waals surface area (Å²) >= 11 is 0. The van der Waals surface area contributed by atoms with Gasteiger partial charge in [0.1, 0.15) is 5.75 Å². The zero-order chi connectivity index (χ0) is 17.8. The fraction of sp³-hybridized carbons (Fsp3) is 0.286. The summed E-state index contributed by atoms with van der Waals surface area (Å²) in [6, 6.07) is 11.3. The molecular weight excluding hydrogens is 312 g/mol. The lowest BCUT2D eigenvalue weighted by molar-refractivity contribution is 0.0766. The van der Waals surface area contributed by atoms with E-state index in [1.54, 1.807) is 12.1 Å². The van der Waals surface area contributed by atoms with Crippen LogP contribution in [0.4, 0.5) is 0 Å². The Morgan fingerprint density at radius 1 is 1.20 bits per heavy atom. The van der Waals surface area contributed by atoms with Crippen LogP contribution in [0.15, 0.2) is 48.6 Å². The van der Waals surface area contributed by atoms with Crippen LogP contribution in [0, 0.1) is 6.92 Å². The third-order valence-electron chi connectivity index (χ3n) is 4.48. The van der Waals surface area contributed by atoms with E-state index in [0.29, 0.717) is 13.1 Å². The predicted octanol–water partition coefficient (Wildman–Crippen LogP) is 3.52. The fourth-order valence-electron chi connectivity index (χ4n) is 3.28. The number of hydrogen-bond acceptors (Lipinski definition) is 3. The molecule has 0 fully saturated rings. The summed E-state index contributed by atoms with van der Waals surface area (Å²) < 4.78 is 0.